The van der Waals surface area contributed by atoms with Crippen LogP contribution in [0.2, 0.25) is 0 Å². The van der Waals surface area contributed by atoms with Gasteiger partial charge >= 0.3 is 0 Å². The van der Waals surface area contributed by atoms with E-state index in [1.165, 1.54) is 49.7 Å². The van der Waals surface area contributed by atoms with Gasteiger partial charge in [0.2, 0.25) is 5.82 Å². The molecule has 3 rings (SSSR count). The van der Waals surface area contributed by atoms with E-state index in [4.69, 9.17) is 0 Å². The highest BCUT2D eigenvalue weighted by Crippen LogP contribution is 2.15. The van der Waals surface area contributed by atoms with Crippen LogP contribution in [0.4, 0.5) is 0 Å². The van der Waals surface area contributed by atoms with Gasteiger partial charge in [-0.2, -0.15) is 9.90 Å². The maximum atomic E-state index is 12.2. The van der Waals surface area contributed by atoms with Gasteiger partial charge in [-0.1, -0.05) is 75.3 Å². The van der Waals surface area contributed by atoms with Crippen molar-refractivity contribution >= 4 is 11.6 Å². The number of tetrazole rings is 1. The van der Waals surface area contributed by atoms with Crippen LogP contribution in [0.3, 0.4) is 0 Å². The molecule has 2 aromatic rings. The fourth-order valence-electron chi connectivity index (χ4n) is 3.45. The molecule has 0 radical (unpaired) electrons. The van der Waals surface area contributed by atoms with Gasteiger partial charge in [-0.05, 0) is 30.9 Å². The molecule has 1 N–H and O–H groups in total. The molecule has 150 valence electrons. The number of aromatic nitrogens is 4. The van der Waals surface area contributed by atoms with Gasteiger partial charge in [0.1, 0.15) is 6.54 Å². The predicted octanol–water partition coefficient (Wildman–Crippen LogP) is 4.12. The molecule has 0 bridgehead atoms. The van der Waals surface area contributed by atoms with Crippen molar-refractivity contribution in [1.82, 2.24) is 25.6 Å². The Labute approximate surface area is 166 Å². The fourth-order valence-corrected chi connectivity index (χ4v) is 3.45. The third-order valence-corrected chi connectivity index (χ3v) is 5.04. The summed E-state index contributed by atoms with van der Waals surface area (Å²) in [6.07, 6.45) is 13.4. The number of carbonyl (C=O) groups is 1. The van der Waals surface area contributed by atoms with Crippen molar-refractivity contribution in [3.63, 3.8) is 0 Å². The Hall–Kier alpha value is -2.57. The van der Waals surface area contributed by atoms with Gasteiger partial charge in [0.15, 0.2) is 0 Å². The summed E-state index contributed by atoms with van der Waals surface area (Å²) in [7, 11) is 0. The van der Waals surface area contributed by atoms with E-state index < -0.39 is 0 Å². The van der Waals surface area contributed by atoms with Gasteiger partial charge < -0.3 is 0 Å². The lowest BCUT2D eigenvalue weighted by atomic mass is 10.00. The topological polar surface area (TPSA) is 85.1 Å². The lowest BCUT2D eigenvalue weighted by molar-refractivity contribution is -0.122. The van der Waals surface area contributed by atoms with Crippen LogP contribution in [0.15, 0.2) is 35.4 Å². The molecule has 1 saturated carbocycles. The number of carbonyl (C=O) groups excluding carboxylic acids is 1. The Morgan fingerprint density at radius 3 is 2.18 bits per heavy atom. The zero-order valence-electron chi connectivity index (χ0n) is 16.5. The molecule has 7 nitrogen and oxygen atoms in total. The number of amides is 1. The van der Waals surface area contributed by atoms with Gasteiger partial charge in [-0.3, -0.25) is 4.79 Å². The summed E-state index contributed by atoms with van der Waals surface area (Å²) in [5, 5.41) is 16.6. The van der Waals surface area contributed by atoms with Gasteiger partial charge in [0.25, 0.3) is 5.91 Å². The average molecular weight is 383 g/mol. The Bertz CT molecular complexity index is 741. The van der Waals surface area contributed by atoms with Crippen LogP contribution in [-0.2, 0) is 11.3 Å². The van der Waals surface area contributed by atoms with Crippen molar-refractivity contribution in [1.29, 1.82) is 0 Å². The van der Waals surface area contributed by atoms with Crippen LogP contribution in [0.25, 0.3) is 11.4 Å². The van der Waals surface area contributed by atoms with Crippen LogP contribution < -0.4 is 5.43 Å². The monoisotopic (exact) mass is 382 g/mol. The minimum Gasteiger partial charge on any atom is -0.271 e. The third kappa shape index (κ3) is 6.87. The standard InChI is InChI=1S/C21H30N6O/c28-20(17-27-25-21(24-26-27)18-13-9-8-10-14-18)23-22-19-15-11-6-4-2-1-3-5-7-12-16-19/h8-10,13-14H,1-7,11-12,15-17H2,(H,23,28). The smallest absolute Gasteiger partial charge is 0.263 e. The first-order valence-electron chi connectivity index (χ1n) is 10.5. The van der Waals surface area contributed by atoms with Gasteiger partial charge in [-0.15, -0.1) is 10.2 Å². The Morgan fingerprint density at radius 2 is 1.54 bits per heavy atom. The zero-order chi connectivity index (χ0) is 19.4. The highest BCUT2D eigenvalue weighted by atomic mass is 16.2. The molecule has 7 heteroatoms. The molecule has 0 spiro atoms. The molecule has 0 saturated heterocycles. The molecule has 0 atom stereocenters. The predicted molar refractivity (Wildman–Crippen MR) is 110 cm³/mol. The summed E-state index contributed by atoms with van der Waals surface area (Å²) in [4.78, 5) is 13.5. The highest BCUT2D eigenvalue weighted by Gasteiger charge is 2.09. The molecule has 1 aromatic carbocycles. The number of nitrogens with zero attached hydrogens (tertiary/aromatic N) is 5. The molecule has 1 aliphatic carbocycles. The SMILES string of the molecule is O=C(Cn1nnc(-c2ccccc2)n1)NN=C1CCCCCCCCCCC1. The maximum absolute atomic E-state index is 12.2. The van der Waals surface area contributed by atoms with Crippen LogP contribution in [0.1, 0.15) is 70.6 Å². The number of hydrazone groups is 1. The highest BCUT2D eigenvalue weighted by molar-refractivity contribution is 5.86. The molecule has 0 unspecified atom stereocenters. The van der Waals surface area contributed by atoms with E-state index in [0.717, 1.165) is 37.0 Å². The van der Waals surface area contributed by atoms with Crippen molar-refractivity contribution in [3.05, 3.63) is 30.3 Å². The molecule has 1 amide bonds. The molecule has 1 heterocycles. The summed E-state index contributed by atoms with van der Waals surface area (Å²) in [6, 6.07) is 9.60. The summed E-state index contributed by atoms with van der Waals surface area (Å²) >= 11 is 0. The van der Waals surface area contributed by atoms with E-state index in [2.05, 4.69) is 25.9 Å². The first-order valence-corrected chi connectivity index (χ1v) is 10.5. The van der Waals surface area contributed by atoms with Crippen molar-refractivity contribution < 1.29 is 4.79 Å². The third-order valence-electron chi connectivity index (χ3n) is 5.04. The fraction of sp³-hybridized carbons (Fsp3) is 0.571. The van der Waals surface area contributed by atoms with Gasteiger partial charge in [0.05, 0.1) is 0 Å². The normalized spacial score (nSPS) is 16.6. The van der Waals surface area contributed by atoms with Crippen molar-refractivity contribution in [2.45, 2.75) is 77.2 Å². The number of hydrogen-bond acceptors (Lipinski definition) is 5. The second kappa shape index (κ2) is 11.3. The van der Waals surface area contributed by atoms with Crippen molar-refractivity contribution in [2.24, 2.45) is 5.10 Å². The Kier molecular flexibility index (Phi) is 8.15. The van der Waals surface area contributed by atoms with Crippen molar-refractivity contribution in [2.75, 3.05) is 0 Å². The maximum Gasteiger partial charge on any atom is 0.263 e. The van der Waals surface area contributed by atoms with E-state index in [1.807, 2.05) is 30.3 Å². The van der Waals surface area contributed by atoms with Crippen LogP contribution >= 0.6 is 0 Å². The van der Waals surface area contributed by atoms with Crippen LogP contribution in [0, 0.1) is 0 Å². The second-order valence-corrected chi connectivity index (χ2v) is 7.40. The second-order valence-electron chi connectivity index (χ2n) is 7.40. The van der Waals surface area contributed by atoms with Crippen molar-refractivity contribution in [3.8, 4) is 11.4 Å². The molecule has 1 fully saturated rings. The molecule has 0 aliphatic heterocycles. The molecular weight excluding hydrogens is 352 g/mol. The number of rotatable bonds is 4. The van der Waals surface area contributed by atoms with E-state index in [9.17, 15) is 4.79 Å². The Morgan fingerprint density at radius 1 is 0.929 bits per heavy atom. The first-order chi connectivity index (χ1) is 13.8. The molecule has 1 aromatic heterocycles. The Balaban J connectivity index is 1.50. The zero-order valence-corrected chi connectivity index (χ0v) is 16.5. The number of nitrogens with one attached hydrogen (secondary N) is 1. The van der Waals surface area contributed by atoms with Gasteiger partial charge in [0, 0.05) is 11.3 Å². The van der Waals surface area contributed by atoms with E-state index >= 15 is 0 Å². The lowest BCUT2D eigenvalue weighted by Gasteiger charge is -2.09. The quantitative estimate of drug-likeness (QED) is 0.806. The number of hydrogen-bond donors (Lipinski definition) is 1. The lowest BCUT2D eigenvalue weighted by Crippen LogP contribution is -2.25. The minimum atomic E-state index is -0.226. The average Bonchev–Trinajstić information content (AvgIpc) is 3.17. The summed E-state index contributed by atoms with van der Waals surface area (Å²) < 4.78 is 0. The summed E-state index contributed by atoms with van der Waals surface area (Å²) in [5.74, 6) is 0.287. The van der Waals surface area contributed by atoms with E-state index in [-0.39, 0.29) is 12.5 Å². The van der Waals surface area contributed by atoms with E-state index in [0.29, 0.717) is 5.82 Å². The largest absolute Gasteiger partial charge is 0.271 e. The number of benzene rings is 1. The van der Waals surface area contributed by atoms with Gasteiger partial charge in [-0.25, -0.2) is 5.43 Å². The molecule has 28 heavy (non-hydrogen) atoms. The van der Waals surface area contributed by atoms with Crippen LogP contribution in [0.5, 0.6) is 0 Å². The van der Waals surface area contributed by atoms with E-state index in [1.54, 1.807) is 0 Å². The molecule has 1 aliphatic rings. The minimum absolute atomic E-state index is 0.0105. The first kappa shape index (κ1) is 20.2. The molecular formula is C21H30N6O. The summed E-state index contributed by atoms with van der Waals surface area (Å²) in [6.45, 7) is 0.0105. The summed E-state index contributed by atoms with van der Waals surface area (Å²) in [5.41, 5.74) is 4.66. The van der Waals surface area contributed by atoms with Crippen LogP contribution in [-0.4, -0.2) is 31.8 Å².